The first kappa shape index (κ1) is 11.9. The summed E-state index contributed by atoms with van der Waals surface area (Å²) >= 11 is 0. The predicted octanol–water partition coefficient (Wildman–Crippen LogP) is 2.41. The van der Waals surface area contributed by atoms with Crippen molar-refractivity contribution in [2.75, 3.05) is 11.1 Å². The molecule has 0 aliphatic rings. The predicted molar refractivity (Wildman–Crippen MR) is 70.1 cm³/mol. The molecule has 5 nitrogen and oxygen atoms in total. The van der Waals surface area contributed by atoms with Crippen molar-refractivity contribution in [3.05, 3.63) is 47.7 Å². The summed E-state index contributed by atoms with van der Waals surface area (Å²) in [5, 5.41) is 11.9. The molecule has 1 aromatic carbocycles. The number of nitrogen functional groups attached to an aromatic ring is 1. The van der Waals surface area contributed by atoms with Crippen molar-refractivity contribution in [1.82, 2.24) is 4.98 Å². The number of para-hydroxylation sites is 1. The number of anilines is 3. The van der Waals surface area contributed by atoms with Gasteiger partial charge in [-0.15, -0.1) is 0 Å². The number of aromatic nitrogens is 1. The Bertz CT molecular complexity index is 597. The largest absolute Gasteiger partial charge is 0.477 e. The summed E-state index contributed by atoms with van der Waals surface area (Å²) < 4.78 is 0. The minimum absolute atomic E-state index is 0.0414. The number of pyridine rings is 1. The van der Waals surface area contributed by atoms with Crippen LogP contribution in [-0.2, 0) is 0 Å². The second-order valence-corrected chi connectivity index (χ2v) is 3.88. The Balaban J connectivity index is 2.37. The van der Waals surface area contributed by atoms with Crippen LogP contribution in [0.2, 0.25) is 0 Å². The summed E-state index contributed by atoms with van der Waals surface area (Å²) in [6.07, 6.45) is 0. The Morgan fingerprint density at radius 2 is 2.00 bits per heavy atom. The van der Waals surface area contributed by atoms with Crippen LogP contribution in [0.5, 0.6) is 0 Å². The number of benzene rings is 1. The highest BCUT2D eigenvalue weighted by Crippen LogP contribution is 2.23. The van der Waals surface area contributed by atoms with E-state index in [4.69, 9.17) is 10.8 Å². The molecular formula is C13H13N3O2. The van der Waals surface area contributed by atoms with E-state index < -0.39 is 5.97 Å². The monoisotopic (exact) mass is 243 g/mol. The molecule has 2 rings (SSSR count). The van der Waals surface area contributed by atoms with Gasteiger partial charge in [0.1, 0.15) is 0 Å². The van der Waals surface area contributed by atoms with Crippen molar-refractivity contribution in [2.45, 2.75) is 6.92 Å². The van der Waals surface area contributed by atoms with Crippen molar-refractivity contribution in [1.29, 1.82) is 0 Å². The second-order valence-electron chi connectivity index (χ2n) is 3.88. The molecule has 5 heteroatoms. The van der Waals surface area contributed by atoms with Gasteiger partial charge in [0.25, 0.3) is 0 Å². The summed E-state index contributed by atoms with van der Waals surface area (Å²) in [5.74, 6) is -0.730. The van der Waals surface area contributed by atoms with E-state index in [0.717, 1.165) is 11.3 Å². The first-order valence-electron chi connectivity index (χ1n) is 5.40. The molecule has 1 aromatic heterocycles. The van der Waals surface area contributed by atoms with Crippen LogP contribution in [0.1, 0.15) is 16.1 Å². The molecule has 0 radical (unpaired) electrons. The zero-order valence-corrected chi connectivity index (χ0v) is 9.84. The number of aryl methyl sites for hydroxylation is 1. The molecule has 1 heterocycles. The smallest absolute Gasteiger partial charge is 0.354 e. The summed E-state index contributed by atoms with van der Waals surface area (Å²) in [6.45, 7) is 1.94. The third kappa shape index (κ3) is 2.40. The zero-order chi connectivity index (χ0) is 13.1. The number of rotatable bonds is 3. The molecule has 0 bridgehead atoms. The fourth-order valence-electron chi connectivity index (χ4n) is 1.53. The summed E-state index contributed by atoms with van der Waals surface area (Å²) in [4.78, 5) is 14.8. The van der Waals surface area contributed by atoms with Gasteiger partial charge in [-0.3, -0.25) is 0 Å². The maximum atomic E-state index is 10.9. The molecule has 18 heavy (non-hydrogen) atoms. The molecular weight excluding hydrogens is 230 g/mol. The van der Waals surface area contributed by atoms with E-state index in [0.29, 0.717) is 11.5 Å². The topological polar surface area (TPSA) is 88.2 Å². The fourth-order valence-corrected chi connectivity index (χ4v) is 1.53. The second kappa shape index (κ2) is 4.75. The Morgan fingerprint density at radius 3 is 2.67 bits per heavy atom. The first-order valence-corrected chi connectivity index (χ1v) is 5.40. The molecule has 0 aliphatic heterocycles. The van der Waals surface area contributed by atoms with Gasteiger partial charge in [0.05, 0.1) is 5.69 Å². The number of nitrogens with zero attached hydrogens (tertiary/aromatic N) is 1. The van der Waals surface area contributed by atoms with E-state index in [-0.39, 0.29) is 5.69 Å². The van der Waals surface area contributed by atoms with Crippen molar-refractivity contribution >= 4 is 23.2 Å². The summed E-state index contributed by atoms with van der Waals surface area (Å²) in [7, 11) is 0. The molecule has 0 aliphatic carbocycles. The lowest BCUT2D eigenvalue weighted by Gasteiger charge is -2.11. The zero-order valence-electron chi connectivity index (χ0n) is 9.84. The van der Waals surface area contributed by atoms with Crippen molar-refractivity contribution in [3.63, 3.8) is 0 Å². The molecule has 0 amide bonds. The van der Waals surface area contributed by atoms with Crippen molar-refractivity contribution < 1.29 is 9.90 Å². The highest BCUT2D eigenvalue weighted by molar-refractivity contribution is 5.87. The van der Waals surface area contributed by atoms with Crippen molar-refractivity contribution in [2.24, 2.45) is 0 Å². The lowest BCUT2D eigenvalue weighted by Crippen LogP contribution is -2.06. The van der Waals surface area contributed by atoms with E-state index in [2.05, 4.69) is 10.3 Å². The van der Waals surface area contributed by atoms with E-state index in [1.807, 2.05) is 31.2 Å². The molecule has 0 spiro atoms. The van der Waals surface area contributed by atoms with E-state index in [1.54, 1.807) is 0 Å². The molecule has 0 unspecified atom stereocenters. The maximum absolute atomic E-state index is 10.9. The molecule has 0 saturated carbocycles. The van der Waals surface area contributed by atoms with E-state index >= 15 is 0 Å². The number of hydrogen-bond donors (Lipinski definition) is 3. The quantitative estimate of drug-likeness (QED) is 0.770. The molecule has 92 valence electrons. The van der Waals surface area contributed by atoms with Gasteiger partial charge < -0.3 is 16.2 Å². The van der Waals surface area contributed by atoms with Crippen molar-refractivity contribution in [3.8, 4) is 0 Å². The number of nitrogens with one attached hydrogen (secondary N) is 1. The van der Waals surface area contributed by atoms with Gasteiger partial charge >= 0.3 is 5.97 Å². The SMILES string of the molecule is Cc1ccccc1Nc1nc(C(=O)O)ccc1N. The number of carbonyl (C=O) groups is 1. The number of carboxylic acids is 1. The Labute approximate surface area is 104 Å². The molecule has 0 atom stereocenters. The van der Waals surface area contributed by atoms with Crippen LogP contribution in [-0.4, -0.2) is 16.1 Å². The van der Waals surface area contributed by atoms with Gasteiger partial charge in [-0.25, -0.2) is 9.78 Å². The van der Waals surface area contributed by atoms with Gasteiger partial charge in [-0.05, 0) is 30.7 Å². The average molecular weight is 243 g/mol. The first-order chi connectivity index (χ1) is 8.58. The lowest BCUT2D eigenvalue weighted by molar-refractivity contribution is 0.0690. The molecule has 0 saturated heterocycles. The maximum Gasteiger partial charge on any atom is 0.354 e. The van der Waals surface area contributed by atoms with Crippen LogP contribution >= 0.6 is 0 Å². The van der Waals surface area contributed by atoms with Gasteiger partial charge in [-0.1, -0.05) is 18.2 Å². The summed E-state index contributed by atoms with van der Waals surface area (Å²) in [6, 6.07) is 10.5. The van der Waals surface area contributed by atoms with Crippen LogP contribution < -0.4 is 11.1 Å². The third-order valence-corrected chi connectivity index (χ3v) is 2.54. The summed E-state index contributed by atoms with van der Waals surface area (Å²) in [5.41, 5.74) is 8.01. The highest BCUT2D eigenvalue weighted by atomic mass is 16.4. The van der Waals surface area contributed by atoms with E-state index in [1.165, 1.54) is 12.1 Å². The van der Waals surface area contributed by atoms with Gasteiger partial charge in [0, 0.05) is 5.69 Å². The molecule has 2 aromatic rings. The number of aromatic carboxylic acids is 1. The highest BCUT2D eigenvalue weighted by Gasteiger charge is 2.09. The third-order valence-electron chi connectivity index (χ3n) is 2.54. The minimum Gasteiger partial charge on any atom is -0.477 e. The van der Waals surface area contributed by atoms with Crippen LogP contribution in [0.15, 0.2) is 36.4 Å². The normalized spacial score (nSPS) is 10.1. The number of carboxylic acid groups (broad SMARTS) is 1. The van der Waals surface area contributed by atoms with Gasteiger partial charge in [0.2, 0.25) is 0 Å². The number of nitrogens with two attached hydrogens (primary N) is 1. The van der Waals surface area contributed by atoms with Crippen LogP contribution in [0.3, 0.4) is 0 Å². The Hall–Kier alpha value is -2.56. The average Bonchev–Trinajstić information content (AvgIpc) is 2.34. The van der Waals surface area contributed by atoms with Crippen LogP contribution in [0.4, 0.5) is 17.2 Å². The van der Waals surface area contributed by atoms with Crippen LogP contribution in [0.25, 0.3) is 0 Å². The Kier molecular flexibility index (Phi) is 3.14. The lowest BCUT2D eigenvalue weighted by atomic mass is 10.2. The van der Waals surface area contributed by atoms with Crippen LogP contribution in [0, 0.1) is 6.92 Å². The standard InChI is InChI=1S/C13H13N3O2/c1-8-4-2-3-5-10(8)15-12-9(14)6-7-11(16-12)13(17)18/h2-7H,14H2,1H3,(H,15,16)(H,17,18). The molecule has 0 fully saturated rings. The van der Waals surface area contributed by atoms with Gasteiger partial charge in [0.15, 0.2) is 11.5 Å². The van der Waals surface area contributed by atoms with E-state index in [9.17, 15) is 4.79 Å². The van der Waals surface area contributed by atoms with Gasteiger partial charge in [-0.2, -0.15) is 0 Å². The Morgan fingerprint density at radius 1 is 1.28 bits per heavy atom. The number of hydrogen-bond acceptors (Lipinski definition) is 4. The fraction of sp³-hybridized carbons (Fsp3) is 0.0769. The molecule has 4 N–H and O–H groups in total. The minimum atomic E-state index is -1.08.